The maximum atomic E-state index is 11.8. The first kappa shape index (κ1) is 13.5. The average molecular weight is 276 g/mol. The highest BCUT2D eigenvalue weighted by molar-refractivity contribution is 7.14. The number of hydrogen-bond acceptors (Lipinski definition) is 5. The van der Waals surface area contributed by atoms with E-state index in [1.165, 1.54) is 11.3 Å². The van der Waals surface area contributed by atoms with Gasteiger partial charge in [0.15, 0.2) is 5.69 Å². The van der Waals surface area contributed by atoms with Crippen molar-refractivity contribution in [3.8, 4) is 0 Å². The minimum atomic E-state index is -0.392. The molecule has 0 radical (unpaired) electrons. The maximum absolute atomic E-state index is 11.8. The molecule has 0 saturated heterocycles. The van der Waals surface area contributed by atoms with E-state index in [9.17, 15) is 4.79 Å². The van der Waals surface area contributed by atoms with Gasteiger partial charge in [-0.3, -0.25) is 0 Å². The van der Waals surface area contributed by atoms with Gasteiger partial charge in [0.2, 0.25) is 0 Å². The Kier molecular flexibility index (Phi) is 4.16. The van der Waals surface area contributed by atoms with Crippen molar-refractivity contribution < 1.29 is 9.53 Å². The Bertz CT molecular complexity index is 593. The van der Waals surface area contributed by atoms with Gasteiger partial charge < -0.3 is 10.1 Å². The third-order valence-corrected chi connectivity index (χ3v) is 3.42. The molecule has 0 aliphatic carbocycles. The lowest BCUT2D eigenvalue weighted by atomic mass is 10.1. The molecule has 0 aliphatic heterocycles. The first-order valence-electron chi connectivity index (χ1n) is 6.06. The van der Waals surface area contributed by atoms with E-state index >= 15 is 0 Å². The number of ether oxygens (including phenoxy) is 1. The summed E-state index contributed by atoms with van der Waals surface area (Å²) in [4.78, 5) is 15.8. The molecule has 4 nitrogen and oxygen atoms in total. The van der Waals surface area contributed by atoms with Crippen LogP contribution >= 0.6 is 11.3 Å². The van der Waals surface area contributed by atoms with Gasteiger partial charge >= 0.3 is 5.97 Å². The molecule has 0 fully saturated rings. The molecule has 0 aliphatic rings. The molecule has 0 amide bonds. The third kappa shape index (κ3) is 3.12. The topological polar surface area (TPSA) is 51.2 Å². The number of nitrogens with one attached hydrogen (secondary N) is 1. The summed E-state index contributed by atoms with van der Waals surface area (Å²) in [6.45, 7) is 6.18. The van der Waals surface area contributed by atoms with Crippen molar-refractivity contribution in [3.63, 3.8) is 0 Å². The highest BCUT2D eigenvalue weighted by Crippen LogP contribution is 2.27. The highest BCUT2D eigenvalue weighted by atomic mass is 32.1. The Morgan fingerprint density at radius 2 is 2.21 bits per heavy atom. The van der Waals surface area contributed by atoms with E-state index in [1.807, 2.05) is 26.0 Å². The van der Waals surface area contributed by atoms with E-state index in [-0.39, 0.29) is 0 Å². The van der Waals surface area contributed by atoms with Crippen LogP contribution in [0.1, 0.15) is 28.5 Å². The Balaban J connectivity index is 2.26. The summed E-state index contributed by atoms with van der Waals surface area (Å²) >= 11 is 1.39. The van der Waals surface area contributed by atoms with Gasteiger partial charge in [0.05, 0.1) is 12.1 Å². The predicted molar refractivity (Wildman–Crippen MR) is 77.3 cm³/mol. The average Bonchev–Trinajstić information content (AvgIpc) is 2.82. The number of rotatable bonds is 4. The molecule has 0 bridgehead atoms. The zero-order valence-corrected chi connectivity index (χ0v) is 12.0. The molecule has 1 aromatic carbocycles. The Hall–Kier alpha value is -1.88. The first-order valence-corrected chi connectivity index (χ1v) is 6.94. The fourth-order valence-corrected chi connectivity index (χ4v) is 2.35. The van der Waals surface area contributed by atoms with Gasteiger partial charge in [-0.1, -0.05) is 12.1 Å². The largest absolute Gasteiger partial charge is 0.461 e. The van der Waals surface area contributed by atoms with Crippen molar-refractivity contribution in [1.82, 2.24) is 4.98 Å². The van der Waals surface area contributed by atoms with E-state index in [1.54, 1.807) is 12.4 Å². The minimum absolute atomic E-state index is 0.341. The monoisotopic (exact) mass is 276 g/mol. The molecular formula is C14H16N2O2S. The van der Waals surface area contributed by atoms with Crippen LogP contribution in [0.25, 0.3) is 0 Å². The second-order valence-electron chi connectivity index (χ2n) is 4.19. The number of aryl methyl sites for hydroxylation is 2. The lowest BCUT2D eigenvalue weighted by Crippen LogP contribution is -2.07. The van der Waals surface area contributed by atoms with Crippen LogP contribution in [0.15, 0.2) is 23.7 Å². The van der Waals surface area contributed by atoms with Gasteiger partial charge in [-0.25, -0.2) is 9.78 Å². The van der Waals surface area contributed by atoms with Gasteiger partial charge in [-0.05, 0) is 38.0 Å². The number of anilines is 2. The number of thiazole rings is 1. The van der Waals surface area contributed by atoms with Gasteiger partial charge in [-0.15, -0.1) is 11.3 Å². The summed E-state index contributed by atoms with van der Waals surface area (Å²) in [5.41, 5.74) is 5.24. The van der Waals surface area contributed by atoms with E-state index in [0.29, 0.717) is 17.3 Å². The SMILES string of the molecule is CCOC(=O)c1ncsc1Nc1cc(C)ccc1C. The molecule has 1 N–H and O–H groups in total. The molecule has 1 aromatic heterocycles. The van der Waals surface area contributed by atoms with Gasteiger partial charge in [0, 0.05) is 5.69 Å². The van der Waals surface area contributed by atoms with Crippen molar-refractivity contribution in [2.75, 3.05) is 11.9 Å². The number of carbonyl (C=O) groups excluding carboxylic acids is 1. The number of esters is 1. The third-order valence-electron chi connectivity index (χ3n) is 2.68. The fraction of sp³-hybridized carbons (Fsp3) is 0.286. The number of hydrogen-bond donors (Lipinski definition) is 1. The normalized spacial score (nSPS) is 10.3. The Morgan fingerprint density at radius 3 is 2.95 bits per heavy atom. The van der Waals surface area contributed by atoms with Crippen LogP contribution in [0, 0.1) is 13.8 Å². The quantitative estimate of drug-likeness (QED) is 0.865. The van der Waals surface area contributed by atoms with Crippen molar-refractivity contribution in [2.24, 2.45) is 0 Å². The van der Waals surface area contributed by atoms with Gasteiger partial charge in [0.25, 0.3) is 0 Å². The Labute approximate surface area is 116 Å². The standard InChI is InChI=1S/C14H16N2O2S/c1-4-18-14(17)12-13(19-8-15-12)16-11-7-9(2)5-6-10(11)3/h5-8,16H,4H2,1-3H3. The van der Waals surface area contributed by atoms with Crippen molar-refractivity contribution in [1.29, 1.82) is 0 Å². The van der Waals surface area contributed by atoms with E-state index < -0.39 is 5.97 Å². The van der Waals surface area contributed by atoms with Crippen molar-refractivity contribution >= 4 is 28.0 Å². The lowest BCUT2D eigenvalue weighted by molar-refractivity contribution is 0.0521. The molecule has 1 heterocycles. The first-order chi connectivity index (χ1) is 9.11. The molecule has 19 heavy (non-hydrogen) atoms. The summed E-state index contributed by atoms with van der Waals surface area (Å²) in [5.74, 6) is -0.392. The Morgan fingerprint density at radius 1 is 1.42 bits per heavy atom. The zero-order chi connectivity index (χ0) is 13.8. The summed E-state index contributed by atoms with van der Waals surface area (Å²) in [6, 6.07) is 6.15. The smallest absolute Gasteiger partial charge is 0.360 e. The van der Waals surface area contributed by atoms with Crippen LogP contribution in [0.2, 0.25) is 0 Å². The highest BCUT2D eigenvalue weighted by Gasteiger charge is 2.16. The summed E-state index contributed by atoms with van der Waals surface area (Å²) < 4.78 is 4.98. The summed E-state index contributed by atoms with van der Waals surface area (Å²) in [5, 5.41) is 3.97. The van der Waals surface area contributed by atoms with Crippen LogP contribution in [-0.2, 0) is 4.74 Å². The fourth-order valence-electron chi connectivity index (χ4n) is 1.67. The zero-order valence-electron chi connectivity index (χ0n) is 11.2. The van der Waals surface area contributed by atoms with Crippen LogP contribution in [0.4, 0.5) is 10.7 Å². The molecule has 2 rings (SSSR count). The molecule has 5 heteroatoms. The second-order valence-corrected chi connectivity index (χ2v) is 5.05. The number of aromatic nitrogens is 1. The van der Waals surface area contributed by atoms with Crippen LogP contribution in [0.3, 0.4) is 0 Å². The molecule has 2 aromatic rings. The van der Waals surface area contributed by atoms with E-state index in [0.717, 1.165) is 16.8 Å². The summed E-state index contributed by atoms with van der Waals surface area (Å²) in [7, 11) is 0. The van der Waals surface area contributed by atoms with Crippen molar-refractivity contribution in [3.05, 3.63) is 40.5 Å². The number of carbonyl (C=O) groups is 1. The maximum Gasteiger partial charge on any atom is 0.360 e. The number of nitrogens with zero attached hydrogens (tertiary/aromatic N) is 1. The lowest BCUT2D eigenvalue weighted by Gasteiger charge is -2.09. The molecule has 0 atom stereocenters. The molecule has 100 valence electrons. The number of benzene rings is 1. The van der Waals surface area contributed by atoms with Gasteiger partial charge in [-0.2, -0.15) is 0 Å². The molecule has 0 saturated carbocycles. The summed E-state index contributed by atoms with van der Waals surface area (Å²) in [6.07, 6.45) is 0. The second kappa shape index (κ2) is 5.84. The molecule has 0 unspecified atom stereocenters. The van der Waals surface area contributed by atoms with E-state index in [2.05, 4.69) is 16.4 Å². The molecular weight excluding hydrogens is 260 g/mol. The molecule has 0 spiro atoms. The minimum Gasteiger partial charge on any atom is -0.461 e. The van der Waals surface area contributed by atoms with Crippen LogP contribution in [-0.4, -0.2) is 17.6 Å². The van der Waals surface area contributed by atoms with Crippen LogP contribution in [0.5, 0.6) is 0 Å². The van der Waals surface area contributed by atoms with Crippen LogP contribution < -0.4 is 5.32 Å². The van der Waals surface area contributed by atoms with Crippen molar-refractivity contribution in [2.45, 2.75) is 20.8 Å². The van der Waals surface area contributed by atoms with E-state index in [4.69, 9.17) is 4.74 Å². The van der Waals surface area contributed by atoms with Gasteiger partial charge in [0.1, 0.15) is 5.00 Å². The predicted octanol–water partition coefficient (Wildman–Crippen LogP) is 3.68.